The van der Waals surface area contributed by atoms with Gasteiger partial charge in [0.15, 0.2) is 0 Å². The lowest BCUT2D eigenvalue weighted by molar-refractivity contribution is 0.210. The van der Waals surface area contributed by atoms with Crippen LogP contribution in [0.1, 0.15) is 16.8 Å². The standard InChI is InChI=1S/C18H23N5O2/c1-13-4-6-14(7-5-13)23-10-15-16(11-22(2)18(23)24)20-12-21-17(15)19-8-9-25-3/h4-7,12H,8-11H2,1-3H3,(H,19,20,21). The van der Waals surface area contributed by atoms with Gasteiger partial charge >= 0.3 is 6.03 Å². The first kappa shape index (κ1) is 17.2. The molecule has 7 heteroatoms. The van der Waals surface area contributed by atoms with Crippen molar-refractivity contribution >= 4 is 17.5 Å². The number of carbonyl (C=O) groups excluding carboxylic acids is 1. The second-order valence-electron chi connectivity index (χ2n) is 6.13. The Morgan fingerprint density at radius 1 is 1.20 bits per heavy atom. The summed E-state index contributed by atoms with van der Waals surface area (Å²) in [6, 6.07) is 7.90. The van der Waals surface area contributed by atoms with Gasteiger partial charge in [0.1, 0.15) is 12.1 Å². The summed E-state index contributed by atoms with van der Waals surface area (Å²) < 4.78 is 5.09. The molecule has 1 aliphatic rings. The van der Waals surface area contributed by atoms with E-state index in [1.807, 2.05) is 31.2 Å². The fourth-order valence-electron chi connectivity index (χ4n) is 2.83. The van der Waals surface area contributed by atoms with Gasteiger partial charge in [-0.15, -0.1) is 0 Å². The van der Waals surface area contributed by atoms with Gasteiger partial charge < -0.3 is 15.0 Å². The Kier molecular flexibility index (Phi) is 5.14. The van der Waals surface area contributed by atoms with Crippen molar-refractivity contribution in [3.05, 3.63) is 47.4 Å². The summed E-state index contributed by atoms with van der Waals surface area (Å²) in [4.78, 5) is 25.0. The quantitative estimate of drug-likeness (QED) is 0.846. The normalized spacial score (nSPS) is 14.3. The van der Waals surface area contributed by atoms with Crippen molar-refractivity contribution in [2.24, 2.45) is 0 Å². The topological polar surface area (TPSA) is 70.6 Å². The van der Waals surface area contributed by atoms with Gasteiger partial charge in [0.05, 0.1) is 25.4 Å². The second kappa shape index (κ2) is 7.48. The lowest BCUT2D eigenvalue weighted by Crippen LogP contribution is -2.38. The number of rotatable bonds is 5. The fraction of sp³-hybridized carbons (Fsp3) is 0.389. The number of amides is 2. The number of hydrogen-bond acceptors (Lipinski definition) is 5. The van der Waals surface area contributed by atoms with Gasteiger partial charge in [-0.1, -0.05) is 17.7 Å². The summed E-state index contributed by atoms with van der Waals surface area (Å²) in [6.45, 7) is 4.14. The Bertz CT molecular complexity index is 748. The summed E-state index contributed by atoms with van der Waals surface area (Å²) in [5, 5.41) is 3.28. The number of benzene rings is 1. The summed E-state index contributed by atoms with van der Waals surface area (Å²) in [5.41, 5.74) is 3.82. The molecule has 0 saturated carbocycles. The first-order chi connectivity index (χ1) is 12.1. The maximum absolute atomic E-state index is 12.8. The Balaban J connectivity index is 1.96. The molecular weight excluding hydrogens is 318 g/mol. The van der Waals surface area contributed by atoms with Crippen molar-refractivity contribution in [1.82, 2.24) is 14.9 Å². The maximum Gasteiger partial charge on any atom is 0.324 e. The molecule has 3 rings (SSSR count). The van der Waals surface area contributed by atoms with Gasteiger partial charge in [0.25, 0.3) is 0 Å². The van der Waals surface area contributed by atoms with Crippen LogP contribution in [0.25, 0.3) is 0 Å². The van der Waals surface area contributed by atoms with Crippen molar-refractivity contribution < 1.29 is 9.53 Å². The Morgan fingerprint density at radius 3 is 2.68 bits per heavy atom. The van der Waals surface area contributed by atoms with Crippen LogP contribution in [0, 0.1) is 6.92 Å². The Hall–Kier alpha value is -2.67. The van der Waals surface area contributed by atoms with Crippen LogP contribution in [0.5, 0.6) is 0 Å². The van der Waals surface area contributed by atoms with Crippen LogP contribution in [0.4, 0.5) is 16.3 Å². The molecule has 132 valence electrons. The number of ether oxygens (including phenoxy) is 1. The van der Waals surface area contributed by atoms with Crippen molar-refractivity contribution in [2.75, 3.05) is 37.5 Å². The molecular formula is C18H23N5O2. The van der Waals surface area contributed by atoms with Gasteiger partial charge in [-0.05, 0) is 19.1 Å². The second-order valence-corrected chi connectivity index (χ2v) is 6.13. The fourth-order valence-corrected chi connectivity index (χ4v) is 2.83. The smallest absolute Gasteiger partial charge is 0.324 e. The number of aromatic nitrogens is 2. The molecule has 7 nitrogen and oxygen atoms in total. The van der Waals surface area contributed by atoms with E-state index in [9.17, 15) is 4.79 Å². The van der Waals surface area contributed by atoms with Crippen LogP contribution >= 0.6 is 0 Å². The minimum absolute atomic E-state index is 0.0512. The molecule has 2 aromatic rings. The predicted octanol–water partition coefficient (Wildman–Crippen LogP) is 2.42. The van der Waals surface area contributed by atoms with E-state index < -0.39 is 0 Å². The minimum atomic E-state index is -0.0512. The van der Waals surface area contributed by atoms with E-state index in [-0.39, 0.29) is 6.03 Å². The summed E-state index contributed by atoms with van der Waals surface area (Å²) in [5.74, 6) is 0.752. The molecule has 1 aromatic carbocycles. The zero-order chi connectivity index (χ0) is 17.8. The number of anilines is 2. The van der Waals surface area contributed by atoms with Crippen molar-refractivity contribution in [2.45, 2.75) is 20.0 Å². The largest absolute Gasteiger partial charge is 0.383 e. The van der Waals surface area contributed by atoms with E-state index >= 15 is 0 Å². The van der Waals surface area contributed by atoms with Crippen LogP contribution < -0.4 is 10.2 Å². The highest BCUT2D eigenvalue weighted by molar-refractivity contribution is 5.92. The molecule has 0 radical (unpaired) electrons. The molecule has 2 amide bonds. The lowest BCUT2D eigenvalue weighted by Gasteiger charge is -2.25. The van der Waals surface area contributed by atoms with Gasteiger partial charge in [0, 0.05) is 32.0 Å². The highest BCUT2D eigenvalue weighted by atomic mass is 16.5. The van der Waals surface area contributed by atoms with Crippen LogP contribution in [-0.4, -0.2) is 48.2 Å². The zero-order valence-corrected chi connectivity index (χ0v) is 14.8. The monoisotopic (exact) mass is 341 g/mol. The number of methoxy groups -OCH3 is 1. The molecule has 0 atom stereocenters. The lowest BCUT2D eigenvalue weighted by atomic mass is 10.1. The zero-order valence-electron chi connectivity index (χ0n) is 14.8. The maximum atomic E-state index is 12.8. The molecule has 2 heterocycles. The molecule has 1 N–H and O–H groups in total. The van der Waals surface area contributed by atoms with Crippen molar-refractivity contribution in [3.8, 4) is 0 Å². The first-order valence-electron chi connectivity index (χ1n) is 8.25. The molecule has 0 fully saturated rings. The van der Waals surface area contributed by atoms with Crippen molar-refractivity contribution in [1.29, 1.82) is 0 Å². The Labute approximate surface area is 147 Å². The van der Waals surface area contributed by atoms with Gasteiger partial charge in [0.2, 0.25) is 0 Å². The SMILES string of the molecule is COCCNc1ncnc2c1CN(c1ccc(C)cc1)C(=O)N(C)C2. The number of fused-ring (bicyclic) bond motifs is 1. The molecule has 25 heavy (non-hydrogen) atoms. The molecule has 0 spiro atoms. The number of carbonyl (C=O) groups is 1. The van der Waals surface area contributed by atoms with Crippen LogP contribution in [0.15, 0.2) is 30.6 Å². The highest BCUT2D eigenvalue weighted by Crippen LogP contribution is 2.27. The van der Waals surface area contributed by atoms with Gasteiger partial charge in [-0.2, -0.15) is 0 Å². The van der Waals surface area contributed by atoms with Crippen LogP contribution in [-0.2, 0) is 17.8 Å². The van der Waals surface area contributed by atoms with Crippen LogP contribution in [0.2, 0.25) is 0 Å². The van der Waals surface area contributed by atoms with E-state index in [0.717, 1.165) is 28.3 Å². The predicted molar refractivity (Wildman–Crippen MR) is 96.6 cm³/mol. The Morgan fingerprint density at radius 2 is 1.96 bits per heavy atom. The number of aryl methyl sites for hydroxylation is 1. The molecule has 0 unspecified atom stereocenters. The van der Waals surface area contributed by atoms with Gasteiger partial charge in [-0.25, -0.2) is 14.8 Å². The minimum Gasteiger partial charge on any atom is -0.383 e. The van der Waals surface area contributed by atoms with E-state index in [2.05, 4.69) is 15.3 Å². The summed E-state index contributed by atoms with van der Waals surface area (Å²) in [6.07, 6.45) is 1.54. The molecule has 1 aliphatic heterocycles. The van der Waals surface area contributed by atoms with Crippen molar-refractivity contribution in [3.63, 3.8) is 0 Å². The van der Waals surface area contributed by atoms with E-state index in [4.69, 9.17) is 4.74 Å². The van der Waals surface area contributed by atoms with E-state index in [1.165, 1.54) is 6.33 Å². The van der Waals surface area contributed by atoms with Crippen LogP contribution in [0.3, 0.4) is 0 Å². The number of hydrogen-bond donors (Lipinski definition) is 1. The molecule has 0 saturated heterocycles. The summed E-state index contributed by atoms with van der Waals surface area (Å²) in [7, 11) is 3.45. The molecule has 0 aliphatic carbocycles. The highest BCUT2D eigenvalue weighted by Gasteiger charge is 2.28. The van der Waals surface area contributed by atoms with Gasteiger partial charge in [-0.3, -0.25) is 4.90 Å². The molecule has 0 bridgehead atoms. The average Bonchev–Trinajstić information content (AvgIpc) is 2.73. The van der Waals surface area contributed by atoms with E-state index in [0.29, 0.717) is 26.2 Å². The average molecular weight is 341 g/mol. The molecule has 1 aromatic heterocycles. The summed E-state index contributed by atoms with van der Waals surface area (Å²) >= 11 is 0. The third-order valence-corrected chi connectivity index (χ3v) is 4.24. The van der Waals surface area contributed by atoms with E-state index in [1.54, 1.807) is 24.0 Å². The third kappa shape index (κ3) is 3.71. The number of nitrogens with zero attached hydrogens (tertiary/aromatic N) is 4. The third-order valence-electron chi connectivity index (χ3n) is 4.24. The first-order valence-corrected chi connectivity index (χ1v) is 8.25. The number of urea groups is 1. The number of nitrogens with one attached hydrogen (secondary N) is 1.